The normalized spacial score (nSPS) is 9.75. The number of nitrogens with zero attached hydrogens (tertiary/aromatic N) is 2. The molecule has 0 saturated heterocycles. The van der Waals surface area contributed by atoms with Crippen LogP contribution in [0.25, 0.3) is 0 Å². The molecule has 0 saturated carbocycles. The minimum Gasteiger partial charge on any atom is -0.468 e. The first-order valence-electron chi connectivity index (χ1n) is 5.84. The second kappa shape index (κ2) is 7.22. The maximum Gasteiger partial charge on any atom is 0.325 e. The van der Waals surface area contributed by atoms with Crippen LogP contribution in [0.4, 0.5) is 0 Å². The third-order valence-electron chi connectivity index (χ3n) is 2.49. The second-order valence-electron chi connectivity index (χ2n) is 3.98. The minimum absolute atomic E-state index is 0.151. The van der Waals surface area contributed by atoms with Crippen molar-refractivity contribution in [1.29, 1.82) is 0 Å². The molecule has 7 nitrogen and oxygen atoms in total. The lowest BCUT2D eigenvalue weighted by Gasteiger charge is -2.19. The lowest BCUT2D eigenvalue weighted by molar-refractivity contribution is -0.144. The molecule has 0 aliphatic carbocycles. The SMILES string of the molecule is COC(=O)CN(CC(=O)OC)C(=O)c1cccc(C)n1. The number of pyridine rings is 1. The highest BCUT2D eigenvalue weighted by atomic mass is 16.5. The van der Waals surface area contributed by atoms with E-state index in [1.165, 1.54) is 20.3 Å². The number of rotatable bonds is 5. The summed E-state index contributed by atoms with van der Waals surface area (Å²) >= 11 is 0. The van der Waals surface area contributed by atoms with Gasteiger partial charge in [-0.25, -0.2) is 4.98 Å². The first-order chi connectivity index (χ1) is 9.47. The first-order valence-corrected chi connectivity index (χ1v) is 5.84. The molecule has 20 heavy (non-hydrogen) atoms. The van der Waals surface area contributed by atoms with Crippen molar-refractivity contribution in [2.75, 3.05) is 27.3 Å². The molecular formula is C13H16N2O5. The molecule has 1 aromatic heterocycles. The summed E-state index contributed by atoms with van der Waals surface area (Å²) in [6.07, 6.45) is 0. The number of hydrogen-bond donors (Lipinski definition) is 0. The molecule has 0 spiro atoms. The Morgan fingerprint density at radius 1 is 1.10 bits per heavy atom. The van der Waals surface area contributed by atoms with Crippen LogP contribution in [0.2, 0.25) is 0 Å². The first kappa shape index (κ1) is 15.6. The van der Waals surface area contributed by atoms with Crippen molar-refractivity contribution in [1.82, 2.24) is 9.88 Å². The van der Waals surface area contributed by atoms with Crippen LogP contribution in [0.1, 0.15) is 16.2 Å². The van der Waals surface area contributed by atoms with Gasteiger partial charge in [-0.05, 0) is 19.1 Å². The van der Waals surface area contributed by atoms with Crippen LogP contribution in [0.3, 0.4) is 0 Å². The molecular weight excluding hydrogens is 264 g/mol. The van der Waals surface area contributed by atoms with E-state index in [4.69, 9.17) is 0 Å². The third-order valence-corrected chi connectivity index (χ3v) is 2.49. The molecule has 0 fully saturated rings. The summed E-state index contributed by atoms with van der Waals surface area (Å²) in [6.45, 7) is 1.04. The van der Waals surface area contributed by atoms with Gasteiger partial charge < -0.3 is 14.4 Å². The van der Waals surface area contributed by atoms with Gasteiger partial charge in [-0.15, -0.1) is 0 Å². The Labute approximate surface area is 116 Å². The summed E-state index contributed by atoms with van der Waals surface area (Å²) in [5, 5.41) is 0. The molecule has 0 N–H and O–H groups in total. The Balaban J connectivity index is 2.93. The fraction of sp³-hybridized carbons (Fsp3) is 0.385. The molecule has 0 bridgehead atoms. The minimum atomic E-state index is -0.630. The number of aryl methyl sites for hydroxylation is 1. The maximum atomic E-state index is 12.2. The van der Waals surface area contributed by atoms with Gasteiger partial charge in [0.05, 0.1) is 14.2 Å². The third kappa shape index (κ3) is 4.34. The Morgan fingerprint density at radius 3 is 2.10 bits per heavy atom. The molecule has 1 aromatic rings. The largest absolute Gasteiger partial charge is 0.468 e. The van der Waals surface area contributed by atoms with Crippen LogP contribution in [0, 0.1) is 6.92 Å². The zero-order valence-electron chi connectivity index (χ0n) is 11.6. The molecule has 1 amide bonds. The highest BCUT2D eigenvalue weighted by Crippen LogP contribution is 2.04. The molecule has 0 atom stereocenters. The summed E-state index contributed by atoms with van der Waals surface area (Å²) in [7, 11) is 2.40. The topological polar surface area (TPSA) is 85.8 Å². The average molecular weight is 280 g/mol. The maximum absolute atomic E-state index is 12.2. The van der Waals surface area contributed by atoms with Crippen molar-refractivity contribution in [2.45, 2.75) is 6.92 Å². The van der Waals surface area contributed by atoms with Crippen molar-refractivity contribution < 1.29 is 23.9 Å². The molecule has 108 valence electrons. The predicted molar refractivity (Wildman–Crippen MR) is 68.9 cm³/mol. The van der Waals surface area contributed by atoms with Gasteiger partial charge >= 0.3 is 11.9 Å². The average Bonchev–Trinajstić information content (AvgIpc) is 2.45. The van der Waals surface area contributed by atoms with Crippen molar-refractivity contribution >= 4 is 17.8 Å². The number of hydrogen-bond acceptors (Lipinski definition) is 6. The van der Waals surface area contributed by atoms with E-state index in [-0.39, 0.29) is 18.8 Å². The molecule has 0 aliphatic heterocycles. The van der Waals surface area contributed by atoms with E-state index in [0.717, 1.165) is 4.90 Å². The molecule has 0 aliphatic rings. The number of aromatic nitrogens is 1. The fourth-order valence-corrected chi connectivity index (χ4v) is 1.46. The quantitative estimate of drug-likeness (QED) is 0.715. The number of methoxy groups -OCH3 is 2. The molecule has 1 heterocycles. The number of ether oxygens (including phenoxy) is 2. The van der Waals surface area contributed by atoms with E-state index < -0.39 is 17.8 Å². The highest BCUT2D eigenvalue weighted by Gasteiger charge is 2.23. The molecule has 0 aromatic carbocycles. The van der Waals surface area contributed by atoms with Crippen molar-refractivity contribution in [3.05, 3.63) is 29.6 Å². The van der Waals surface area contributed by atoms with E-state index >= 15 is 0 Å². The number of amides is 1. The van der Waals surface area contributed by atoms with Crippen molar-refractivity contribution in [2.24, 2.45) is 0 Å². The number of carbonyl (C=O) groups excluding carboxylic acids is 3. The summed E-state index contributed by atoms with van der Waals surface area (Å²) < 4.78 is 9.00. The summed E-state index contributed by atoms with van der Waals surface area (Å²) in [6, 6.07) is 4.92. The highest BCUT2D eigenvalue weighted by molar-refractivity contribution is 5.96. The standard InChI is InChI=1S/C13H16N2O5/c1-9-5-4-6-10(14-9)13(18)15(7-11(16)19-2)8-12(17)20-3/h4-6H,7-8H2,1-3H3. The second-order valence-corrected chi connectivity index (χ2v) is 3.98. The Kier molecular flexibility index (Phi) is 5.64. The van der Waals surface area contributed by atoms with Crippen LogP contribution in [0.5, 0.6) is 0 Å². The van der Waals surface area contributed by atoms with Crippen molar-refractivity contribution in [3.63, 3.8) is 0 Å². The van der Waals surface area contributed by atoms with E-state index in [1.807, 2.05) is 0 Å². The van der Waals surface area contributed by atoms with Crippen LogP contribution in [0.15, 0.2) is 18.2 Å². The van der Waals surface area contributed by atoms with Crippen LogP contribution < -0.4 is 0 Å². The lowest BCUT2D eigenvalue weighted by atomic mass is 10.2. The van der Waals surface area contributed by atoms with Crippen LogP contribution in [-0.2, 0) is 19.1 Å². The number of esters is 2. The van der Waals surface area contributed by atoms with Gasteiger partial charge in [0, 0.05) is 5.69 Å². The van der Waals surface area contributed by atoms with E-state index in [2.05, 4.69) is 14.5 Å². The van der Waals surface area contributed by atoms with Gasteiger partial charge in [-0.2, -0.15) is 0 Å². The molecule has 1 rings (SSSR count). The summed E-state index contributed by atoms with van der Waals surface area (Å²) in [4.78, 5) is 40.0. The summed E-state index contributed by atoms with van der Waals surface area (Å²) in [5.74, 6) is -1.80. The molecule has 0 radical (unpaired) electrons. The van der Waals surface area contributed by atoms with Crippen LogP contribution in [-0.4, -0.2) is 55.0 Å². The van der Waals surface area contributed by atoms with Gasteiger partial charge in [0.25, 0.3) is 5.91 Å². The van der Waals surface area contributed by atoms with E-state index in [9.17, 15) is 14.4 Å². The van der Waals surface area contributed by atoms with Crippen LogP contribution >= 0.6 is 0 Å². The zero-order valence-corrected chi connectivity index (χ0v) is 11.6. The Bertz CT molecular complexity index is 497. The van der Waals surface area contributed by atoms with Crippen molar-refractivity contribution in [3.8, 4) is 0 Å². The number of carbonyl (C=O) groups is 3. The molecule has 0 unspecified atom stereocenters. The van der Waals surface area contributed by atoms with Gasteiger partial charge in [0.2, 0.25) is 0 Å². The van der Waals surface area contributed by atoms with E-state index in [1.54, 1.807) is 19.1 Å². The monoisotopic (exact) mass is 280 g/mol. The van der Waals surface area contributed by atoms with Gasteiger partial charge in [-0.3, -0.25) is 14.4 Å². The Hall–Kier alpha value is -2.44. The van der Waals surface area contributed by atoms with E-state index in [0.29, 0.717) is 5.69 Å². The van der Waals surface area contributed by atoms with Gasteiger partial charge in [-0.1, -0.05) is 6.07 Å². The lowest BCUT2D eigenvalue weighted by Crippen LogP contribution is -2.40. The smallest absolute Gasteiger partial charge is 0.325 e. The molecule has 7 heteroatoms. The predicted octanol–water partition coefficient (Wildman–Crippen LogP) is 0.178. The Morgan fingerprint density at radius 2 is 1.65 bits per heavy atom. The fourth-order valence-electron chi connectivity index (χ4n) is 1.46. The van der Waals surface area contributed by atoms with Gasteiger partial charge in [0.15, 0.2) is 0 Å². The zero-order chi connectivity index (χ0) is 15.1. The van der Waals surface area contributed by atoms with Gasteiger partial charge in [0.1, 0.15) is 18.8 Å². The summed E-state index contributed by atoms with van der Waals surface area (Å²) in [5.41, 5.74) is 0.810.